The van der Waals surface area contributed by atoms with E-state index in [2.05, 4.69) is 15.9 Å². The SMILES string of the molecule is O=C(c1c(F)cccc1F)N1CCN(S(=O)(=O)c2ccccc2Br)CC1. The molecule has 0 aliphatic carbocycles. The van der Waals surface area contributed by atoms with E-state index in [0.717, 1.165) is 12.1 Å². The standard InChI is InChI=1S/C17H15BrF2N2O3S/c18-12-4-1-2-7-15(12)26(24,25)22-10-8-21(9-11-22)17(23)16-13(19)5-3-6-14(16)20/h1-7H,8-11H2. The molecule has 5 nitrogen and oxygen atoms in total. The minimum Gasteiger partial charge on any atom is -0.336 e. The zero-order chi connectivity index (χ0) is 18.9. The van der Waals surface area contributed by atoms with Crippen molar-refractivity contribution in [2.45, 2.75) is 4.90 Å². The van der Waals surface area contributed by atoms with E-state index in [0.29, 0.717) is 4.47 Å². The first-order valence-electron chi connectivity index (χ1n) is 7.80. The van der Waals surface area contributed by atoms with Crippen LogP contribution in [0.2, 0.25) is 0 Å². The summed E-state index contributed by atoms with van der Waals surface area (Å²) in [6.45, 7) is 0.198. The lowest BCUT2D eigenvalue weighted by atomic mass is 10.1. The average Bonchev–Trinajstić information content (AvgIpc) is 2.62. The number of carbonyl (C=O) groups excluding carboxylic acids is 1. The summed E-state index contributed by atoms with van der Waals surface area (Å²) in [5.41, 5.74) is -0.616. The van der Waals surface area contributed by atoms with Gasteiger partial charge in [-0.05, 0) is 40.2 Å². The second-order valence-electron chi connectivity index (χ2n) is 5.72. The summed E-state index contributed by atoms with van der Waals surface area (Å²) >= 11 is 3.23. The number of benzene rings is 2. The third-order valence-corrected chi connectivity index (χ3v) is 7.07. The summed E-state index contributed by atoms with van der Waals surface area (Å²) in [7, 11) is -3.72. The number of nitrogens with zero attached hydrogens (tertiary/aromatic N) is 2. The molecule has 2 aromatic rings. The van der Waals surface area contributed by atoms with Gasteiger partial charge in [0.25, 0.3) is 5.91 Å². The Morgan fingerprint density at radius 3 is 2.08 bits per heavy atom. The monoisotopic (exact) mass is 444 g/mol. The molecule has 1 heterocycles. The largest absolute Gasteiger partial charge is 0.336 e. The molecule has 0 saturated carbocycles. The minimum atomic E-state index is -3.72. The van der Waals surface area contributed by atoms with Gasteiger partial charge < -0.3 is 4.90 Å². The molecule has 0 N–H and O–H groups in total. The number of sulfonamides is 1. The predicted octanol–water partition coefficient (Wildman–Crippen LogP) is 2.87. The Labute approximate surface area is 158 Å². The molecule has 1 aliphatic rings. The zero-order valence-electron chi connectivity index (χ0n) is 13.5. The molecule has 0 spiro atoms. The van der Waals surface area contributed by atoms with Gasteiger partial charge in [-0.1, -0.05) is 18.2 Å². The summed E-state index contributed by atoms with van der Waals surface area (Å²) in [5, 5.41) is 0. The van der Waals surface area contributed by atoms with Crippen LogP contribution in [-0.2, 0) is 10.0 Å². The van der Waals surface area contributed by atoms with E-state index >= 15 is 0 Å². The second kappa shape index (κ2) is 7.42. The van der Waals surface area contributed by atoms with Crippen molar-refractivity contribution >= 4 is 31.9 Å². The van der Waals surface area contributed by atoms with Gasteiger partial charge in [-0.25, -0.2) is 17.2 Å². The average molecular weight is 445 g/mol. The molecule has 0 radical (unpaired) electrons. The molecule has 1 amide bonds. The highest BCUT2D eigenvalue weighted by atomic mass is 79.9. The van der Waals surface area contributed by atoms with Gasteiger partial charge >= 0.3 is 0 Å². The van der Waals surface area contributed by atoms with E-state index in [1.165, 1.54) is 21.3 Å². The van der Waals surface area contributed by atoms with Crippen LogP contribution in [0.15, 0.2) is 51.8 Å². The van der Waals surface area contributed by atoms with Gasteiger partial charge in [0, 0.05) is 30.7 Å². The van der Waals surface area contributed by atoms with Crippen molar-refractivity contribution in [3.8, 4) is 0 Å². The fourth-order valence-corrected chi connectivity index (χ4v) is 5.17. The second-order valence-corrected chi connectivity index (χ2v) is 8.48. The van der Waals surface area contributed by atoms with Crippen LogP contribution < -0.4 is 0 Å². The van der Waals surface area contributed by atoms with E-state index in [-0.39, 0.29) is 31.1 Å². The molecule has 2 aromatic carbocycles. The van der Waals surface area contributed by atoms with Gasteiger partial charge in [0.15, 0.2) is 0 Å². The van der Waals surface area contributed by atoms with Crippen LogP contribution in [0.1, 0.15) is 10.4 Å². The zero-order valence-corrected chi connectivity index (χ0v) is 15.9. The van der Waals surface area contributed by atoms with Crippen LogP contribution in [0.4, 0.5) is 8.78 Å². The molecular formula is C17H15BrF2N2O3S. The van der Waals surface area contributed by atoms with Gasteiger partial charge in [-0.2, -0.15) is 4.31 Å². The van der Waals surface area contributed by atoms with Crippen LogP contribution in [-0.4, -0.2) is 49.7 Å². The van der Waals surface area contributed by atoms with Crippen molar-refractivity contribution in [3.63, 3.8) is 0 Å². The summed E-state index contributed by atoms with van der Waals surface area (Å²) in [6.07, 6.45) is 0. The minimum absolute atomic E-state index is 0.0471. The Bertz CT molecular complexity index is 925. The lowest BCUT2D eigenvalue weighted by Crippen LogP contribution is -2.50. The smallest absolute Gasteiger partial charge is 0.259 e. The Hall–Kier alpha value is -1.84. The summed E-state index contributed by atoms with van der Waals surface area (Å²) in [6, 6.07) is 9.68. The van der Waals surface area contributed by atoms with Crippen molar-refractivity contribution in [1.82, 2.24) is 9.21 Å². The van der Waals surface area contributed by atoms with Gasteiger partial charge in [-0.15, -0.1) is 0 Å². The third-order valence-electron chi connectivity index (χ3n) is 4.16. The van der Waals surface area contributed by atoms with Crippen LogP contribution in [0, 0.1) is 11.6 Å². The molecule has 0 aromatic heterocycles. The Balaban J connectivity index is 1.75. The topological polar surface area (TPSA) is 57.7 Å². The number of hydrogen-bond donors (Lipinski definition) is 0. The Kier molecular flexibility index (Phi) is 5.40. The molecule has 0 unspecified atom stereocenters. The fourth-order valence-electron chi connectivity index (χ4n) is 2.78. The number of rotatable bonds is 3. The van der Waals surface area contributed by atoms with Gasteiger partial charge in [0.2, 0.25) is 10.0 Å². The maximum atomic E-state index is 13.8. The van der Waals surface area contributed by atoms with E-state index in [4.69, 9.17) is 0 Å². The lowest BCUT2D eigenvalue weighted by molar-refractivity contribution is 0.0688. The van der Waals surface area contributed by atoms with Gasteiger partial charge in [0.1, 0.15) is 17.2 Å². The van der Waals surface area contributed by atoms with E-state index in [1.807, 2.05) is 0 Å². The van der Waals surface area contributed by atoms with Crippen molar-refractivity contribution in [3.05, 3.63) is 64.1 Å². The molecule has 26 heavy (non-hydrogen) atoms. The molecule has 0 atom stereocenters. The van der Waals surface area contributed by atoms with E-state index in [9.17, 15) is 22.0 Å². The van der Waals surface area contributed by atoms with Crippen LogP contribution >= 0.6 is 15.9 Å². The quantitative estimate of drug-likeness (QED) is 0.731. The van der Waals surface area contributed by atoms with Crippen LogP contribution in [0.3, 0.4) is 0 Å². The molecule has 1 saturated heterocycles. The number of piperazine rings is 1. The third kappa shape index (κ3) is 3.51. The van der Waals surface area contributed by atoms with Crippen LogP contribution in [0.5, 0.6) is 0 Å². The maximum absolute atomic E-state index is 13.8. The number of amides is 1. The predicted molar refractivity (Wildman–Crippen MR) is 95.2 cm³/mol. The van der Waals surface area contributed by atoms with Crippen molar-refractivity contribution in [2.24, 2.45) is 0 Å². The number of carbonyl (C=O) groups is 1. The molecular weight excluding hydrogens is 430 g/mol. The lowest BCUT2D eigenvalue weighted by Gasteiger charge is -2.34. The number of hydrogen-bond acceptors (Lipinski definition) is 3. The molecule has 0 bridgehead atoms. The first-order valence-corrected chi connectivity index (χ1v) is 10.0. The van der Waals surface area contributed by atoms with E-state index < -0.39 is 33.1 Å². The molecule has 138 valence electrons. The highest BCUT2D eigenvalue weighted by Gasteiger charge is 2.32. The first-order chi connectivity index (χ1) is 12.3. The Morgan fingerprint density at radius 1 is 0.923 bits per heavy atom. The maximum Gasteiger partial charge on any atom is 0.259 e. The highest BCUT2D eigenvalue weighted by molar-refractivity contribution is 9.10. The fraction of sp³-hybridized carbons (Fsp3) is 0.235. The van der Waals surface area contributed by atoms with Crippen molar-refractivity contribution < 1.29 is 22.0 Å². The normalized spacial score (nSPS) is 15.9. The molecule has 3 rings (SSSR count). The molecule has 1 fully saturated rings. The summed E-state index contributed by atoms with van der Waals surface area (Å²) < 4.78 is 54.8. The summed E-state index contributed by atoms with van der Waals surface area (Å²) in [4.78, 5) is 13.8. The summed E-state index contributed by atoms with van der Waals surface area (Å²) in [5.74, 6) is -2.64. The van der Waals surface area contributed by atoms with Gasteiger partial charge in [-0.3, -0.25) is 4.79 Å². The van der Waals surface area contributed by atoms with Crippen LogP contribution in [0.25, 0.3) is 0 Å². The molecule has 1 aliphatic heterocycles. The Morgan fingerprint density at radius 2 is 1.50 bits per heavy atom. The number of halogens is 3. The van der Waals surface area contributed by atoms with Gasteiger partial charge in [0.05, 0.1) is 4.90 Å². The van der Waals surface area contributed by atoms with Crippen molar-refractivity contribution in [2.75, 3.05) is 26.2 Å². The molecule has 9 heteroatoms. The van der Waals surface area contributed by atoms with E-state index in [1.54, 1.807) is 18.2 Å². The van der Waals surface area contributed by atoms with Crippen molar-refractivity contribution in [1.29, 1.82) is 0 Å². The first kappa shape index (κ1) is 18.9. The highest BCUT2D eigenvalue weighted by Crippen LogP contribution is 2.26.